The summed E-state index contributed by atoms with van der Waals surface area (Å²) in [5.41, 5.74) is 0. The average Bonchev–Trinajstić information content (AvgIpc) is 2.53. The number of carbonyl (C=O) groups is 1. The van der Waals surface area contributed by atoms with Crippen molar-refractivity contribution in [2.24, 2.45) is 11.8 Å². The number of likely N-dealkylation sites (N-methyl/N-ethyl adjacent to an activating group) is 2. The van der Waals surface area contributed by atoms with Gasteiger partial charge in [-0.25, -0.2) is 4.79 Å². The highest BCUT2D eigenvalue weighted by atomic mass is 16.3. The summed E-state index contributed by atoms with van der Waals surface area (Å²) in [7, 11) is 3.90. The van der Waals surface area contributed by atoms with Crippen molar-refractivity contribution in [3.8, 4) is 0 Å². The highest BCUT2D eigenvalue weighted by Crippen LogP contribution is 2.28. The minimum Gasteiger partial charge on any atom is -0.390 e. The molecule has 1 aliphatic heterocycles. The van der Waals surface area contributed by atoms with Crippen molar-refractivity contribution in [2.45, 2.75) is 45.3 Å². The van der Waals surface area contributed by atoms with Crippen molar-refractivity contribution < 1.29 is 9.90 Å². The number of urea groups is 1. The standard InChI is InChI=1S/C18H36N4O2/c1-14-6-5-7-15(2)17(14)19-18(24)21(4)12-16(23)13-22-10-8-20(3)9-11-22/h14-17,23H,5-13H2,1-4H3,(H,19,24)/t14-,15-,16-/m1/s1. The molecule has 0 spiro atoms. The van der Waals surface area contributed by atoms with Crippen molar-refractivity contribution in [3.63, 3.8) is 0 Å². The molecule has 0 aromatic rings. The molecule has 0 aromatic carbocycles. The van der Waals surface area contributed by atoms with E-state index in [4.69, 9.17) is 0 Å². The first-order chi connectivity index (χ1) is 11.4. The maximum absolute atomic E-state index is 12.5. The number of β-amino-alcohol motifs (C(OH)–C–C–N with tert-alkyl or cyclic N) is 1. The van der Waals surface area contributed by atoms with E-state index in [1.807, 2.05) is 0 Å². The zero-order valence-electron chi connectivity index (χ0n) is 15.9. The predicted molar refractivity (Wildman–Crippen MR) is 97.1 cm³/mol. The van der Waals surface area contributed by atoms with Crippen LogP contribution < -0.4 is 5.32 Å². The molecule has 2 aliphatic rings. The Morgan fingerprint density at radius 3 is 2.38 bits per heavy atom. The third-order valence-electron chi connectivity index (χ3n) is 5.73. The third kappa shape index (κ3) is 5.60. The summed E-state index contributed by atoms with van der Waals surface area (Å²) in [5.74, 6) is 1.06. The van der Waals surface area contributed by atoms with E-state index in [1.165, 1.54) is 19.3 Å². The highest BCUT2D eigenvalue weighted by Gasteiger charge is 2.30. The Morgan fingerprint density at radius 1 is 1.21 bits per heavy atom. The van der Waals surface area contributed by atoms with Gasteiger partial charge in [0.2, 0.25) is 0 Å². The molecule has 1 heterocycles. The number of piperazine rings is 1. The van der Waals surface area contributed by atoms with Crippen LogP contribution in [0.3, 0.4) is 0 Å². The number of aliphatic hydroxyl groups is 1. The van der Waals surface area contributed by atoms with E-state index in [9.17, 15) is 9.90 Å². The topological polar surface area (TPSA) is 59.1 Å². The lowest BCUT2D eigenvalue weighted by molar-refractivity contribution is 0.0646. The first-order valence-electron chi connectivity index (χ1n) is 9.47. The molecule has 1 saturated heterocycles. The first kappa shape index (κ1) is 19.5. The van der Waals surface area contributed by atoms with Crippen LogP contribution in [0.2, 0.25) is 0 Å². The molecule has 3 atom stereocenters. The van der Waals surface area contributed by atoms with Gasteiger partial charge in [-0.15, -0.1) is 0 Å². The Labute approximate surface area is 147 Å². The predicted octanol–water partition coefficient (Wildman–Crippen LogP) is 1.06. The molecule has 2 fully saturated rings. The summed E-state index contributed by atoms with van der Waals surface area (Å²) in [6.45, 7) is 9.53. The Kier molecular flexibility index (Phi) is 7.32. The summed E-state index contributed by atoms with van der Waals surface area (Å²) in [6, 6.07) is 0.196. The number of rotatable bonds is 5. The van der Waals surface area contributed by atoms with Gasteiger partial charge < -0.3 is 20.2 Å². The maximum atomic E-state index is 12.5. The molecule has 1 saturated carbocycles. The summed E-state index contributed by atoms with van der Waals surface area (Å²) in [6.07, 6.45) is 3.13. The number of nitrogens with zero attached hydrogens (tertiary/aromatic N) is 3. The van der Waals surface area contributed by atoms with Gasteiger partial charge in [0.25, 0.3) is 0 Å². The minimum atomic E-state index is -0.495. The summed E-state index contributed by atoms with van der Waals surface area (Å²) in [4.78, 5) is 18.7. The zero-order chi connectivity index (χ0) is 17.7. The van der Waals surface area contributed by atoms with Crippen LogP contribution in [0.5, 0.6) is 0 Å². The highest BCUT2D eigenvalue weighted by molar-refractivity contribution is 5.74. The van der Waals surface area contributed by atoms with E-state index in [-0.39, 0.29) is 12.1 Å². The fourth-order valence-electron chi connectivity index (χ4n) is 4.00. The molecule has 1 aliphatic carbocycles. The van der Waals surface area contributed by atoms with Crippen molar-refractivity contribution in [3.05, 3.63) is 0 Å². The molecule has 6 heteroatoms. The second-order valence-corrected chi connectivity index (χ2v) is 8.00. The van der Waals surface area contributed by atoms with E-state index >= 15 is 0 Å². The van der Waals surface area contributed by atoms with Crippen LogP contribution in [0.15, 0.2) is 0 Å². The van der Waals surface area contributed by atoms with E-state index in [2.05, 4.69) is 36.0 Å². The molecular weight excluding hydrogens is 304 g/mol. The van der Waals surface area contributed by atoms with Gasteiger partial charge in [0, 0.05) is 52.4 Å². The Hall–Kier alpha value is -0.850. The van der Waals surface area contributed by atoms with Gasteiger partial charge in [0.15, 0.2) is 0 Å². The lowest BCUT2D eigenvalue weighted by atomic mass is 9.79. The van der Waals surface area contributed by atoms with Crippen LogP contribution in [-0.4, -0.2) is 91.3 Å². The Bertz CT molecular complexity index is 388. The Morgan fingerprint density at radius 2 is 1.79 bits per heavy atom. The number of carbonyl (C=O) groups excluding carboxylic acids is 1. The van der Waals surface area contributed by atoms with Crippen LogP contribution in [0.1, 0.15) is 33.1 Å². The number of aliphatic hydroxyl groups excluding tert-OH is 1. The molecule has 2 amide bonds. The molecule has 140 valence electrons. The van der Waals surface area contributed by atoms with Crippen LogP contribution >= 0.6 is 0 Å². The van der Waals surface area contributed by atoms with Crippen molar-refractivity contribution >= 4 is 6.03 Å². The molecule has 0 aromatic heterocycles. The molecule has 2 N–H and O–H groups in total. The van der Waals surface area contributed by atoms with E-state index in [0.29, 0.717) is 24.9 Å². The minimum absolute atomic E-state index is 0.0574. The molecule has 2 rings (SSSR count). The number of nitrogens with one attached hydrogen (secondary N) is 1. The van der Waals surface area contributed by atoms with Gasteiger partial charge in [-0.3, -0.25) is 4.90 Å². The van der Waals surface area contributed by atoms with Gasteiger partial charge in [-0.1, -0.05) is 20.3 Å². The molecule has 0 unspecified atom stereocenters. The van der Waals surface area contributed by atoms with Crippen LogP contribution in [0.4, 0.5) is 4.79 Å². The van der Waals surface area contributed by atoms with Crippen LogP contribution in [0, 0.1) is 11.8 Å². The SMILES string of the molecule is C[C@@H]1CCC[C@@H](C)C1NC(=O)N(C)C[C@@H](O)CN1CCN(C)CC1. The fourth-order valence-corrected chi connectivity index (χ4v) is 4.00. The van der Waals surface area contributed by atoms with Gasteiger partial charge in [0.1, 0.15) is 0 Å². The van der Waals surface area contributed by atoms with E-state index in [0.717, 1.165) is 26.2 Å². The van der Waals surface area contributed by atoms with Gasteiger partial charge >= 0.3 is 6.03 Å². The van der Waals surface area contributed by atoms with Crippen molar-refractivity contribution in [1.29, 1.82) is 0 Å². The summed E-state index contributed by atoms with van der Waals surface area (Å²) >= 11 is 0. The summed E-state index contributed by atoms with van der Waals surface area (Å²) in [5, 5.41) is 13.5. The third-order valence-corrected chi connectivity index (χ3v) is 5.73. The molecule has 6 nitrogen and oxygen atoms in total. The lowest BCUT2D eigenvalue weighted by Crippen LogP contribution is -2.52. The second-order valence-electron chi connectivity index (χ2n) is 8.00. The smallest absolute Gasteiger partial charge is 0.317 e. The lowest BCUT2D eigenvalue weighted by Gasteiger charge is -2.37. The van der Waals surface area contributed by atoms with Gasteiger partial charge in [0.05, 0.1) is 6.10 Å². The Balaban J connectivity index is 1.74. The van der Waals surface area contributed by atoms with E-state index in [1.54, 1.807) is 11.9 Å². The molecule has 24 heavy (non-hydrogen) atoms. The number of hydrogen-bond donors (Lipinski definition) is 2. The first-order valence-corrected chi connectivity index (χ1v) is 9.47. The summed E-state index contributed by atoms with van der Waals surface area (Å²) < 4.78 is 0. The molecule has 0 radical (unpaired) electrons. The largest absolute Gasteiger partial charge is 0.390 e. The van der Waals surface area contributed by atoms with Crippen molar-refractivity contribution in [1.82, 2.24) is 20.0 Å². The molecule has 0 bridgehead atoms. The second kappa shape index (κ2) is 9.02. The average molecular weight is 341 g/mol. The van der Waals surface area contributed by atoms with E-state index < -0.39 is 6.10 Å². The van der Waals surface area contributed by atoms with Gasteiger partial charge in [-0.2, -0.15) is 0 Å². The molecular formula is C18H36N4O2. The fraction of sp³-hybridized carbons (Fsp3) is 0.944. The monoisotopic (exact) mass is 340 g/mol. The maximum Gasteiger partial charge on any atom is 0.317 e. The quantitative estimate of drug-likeness (QED) is 0.786. The van der Waals surface area contributed by atoms with Crippen molar-refractivity contribution in [2.75, 3.05) is 53.4 Å². The number of amides is 2. The zero-order valence-corrected chi connectivity index (χ0v) is 15.9. The van der Waals surface area contributed by atoms with Crippen LogP contribution in [0.25, 0.3) is 0 Å². The van der Waals surface area contributed by atoms with Crippen LogP contribution in [-0.2, 0) is 0 Å². The number of hydrogen-bond acceptors (Lipinski definition) is 4. The van der Waals surface area contributed by atoms with Gasteiger partial charge in [-0.05, 0) is 31.7 Å². The normalized spacial score (nSPS) is 28.5.